The Morgan fingerprint density at radius 3 is 2.60 bits per heavy atom. The van der Waals surface area contributed by atoms with Crippen LogP contribution in [0.2, 0.25) is 0 Å². The summed E-state index contributed by atoms with van der Waals surface area (Å²) < 4.78 is 5.16. The van der Waals surface area contributed by atoms with E-state index in [2.05, 4.69) is 0 Å². The number of carbonyl (C=O) groups is 1. The first-order valence-electron chi connectivity index (χ1n) is 3.53. The van der Waals surface area contributed by atoms with Crippen molar-refractivity contribution in [2.45, 2.75) is 20.0 Å². The molecule has 0 bridgehead atoms. The Kier molecular flexibility index (Phi) is 1.94. The standard InChI is InChI=1S/C7H12O3/c1-3-10-6-4(2)5(6)7(8)9/h4-6H,3H2,1-2H3,(H,8,9). The summed E-state index contributed by atoms with van der Waals surface area (Å²) in [6.07, 6.45) is -0.0255. The van der Waals surface area contributed by atoms with E-state index in [-0.39, 0.29) is 17.9 Å². The number of rotatable bonds is 3. The average Bonchev–Trinajstić information content (AvgIpc) is 2.43. The van der Waals surface area contributed by atoms with Crippen LogP contribution < -0.4 is 0 Å². The molecule has 0 aromatic heterocycles. The second-order valence-electron chi connectivity index (χ2n) is 2.64. The third-order valence-electron chi connectivity index (χ3n) is 1.94. The van der Waals surface area contributed by atoms with Gasteiger partial charge < -0.3 is 9.84 Å². The van der Waals surface area contributed by atoms with Crippen LogP contribution in [-0.4, -0.2) is 23.8 Å². The van der Waals surface area contributed by atoms with Crippen LogP contribution >= 0.6 is 0 Å². The van der Waals surface area contributed by atoms with E-state index in [1.54, 1.807) is 0 Å². The summed E-state index contributed by atoms with van der Waals surface area (Å²) in [5, 5.41) is 8.54. The first-order valence-corrected chi connectivity index (χ1v) is 3.53. The topological polar surface area (TPSA) is 46.5 Å². The van der Waals surface area contributed by atoms with Crippen molar-refractivity contribution in [2.75, 3.05) is 6.61 Å². The molecule has 10 heavy (non-hydrogen) atoms. The molecule has 1 aliphatic carbocycles. The second kappa shape index (κ2) is 2.58. The van der Waals surface area contributed by atoms with Crippen molar-refractivity contribution in [1.82, 2.24) is 0 Å². The highest BCUT2D eigenvalue weighted by Gasteiger charge is 2.52. The molecule has 0 aromatic rings. The minimum atomic E-state index is -0.731. The molecule has 0 aliphatic heterocycles. The third kappa shape index (κ3) is 1.14. The third-order valence-corrected chi connectivity index (χ3v) is 1.94. The van der Waals surface area contributed by atoms with Crippen LogP contribution in [0.15, 0.2) is 0 Å². The zero-order valence-corrected chi connectivity index (χ0v) is 6.20. The number of carboxylic acid groups (broad SMARTS) is 1. The monoisotopic (exact) mass is 144 g/mol. The molecule has 0 aromatic carbocycles. The molecule has 58 valence electrons. The summed E-state index contributed by atoms with van der Waals surface area (Å²) in [6, 6.07) is 0. The quantitative estimate of drug-likeness (QED) is 0.635. The Morgan fingerprint density at radius 1 is 1.70 bits per heavy atom. The van der Waals surface area contributed by atoms with E-state index in [9.17, 15) is 4.79 Å². The van der Waals surface area contributed by atoms with Gasteiger partial charge in [-0.25, -0.2) is 0 Å². The molecule has 0 amide bonds. The summed E-state index contributed by atoms with van der Waals surface area (Å²) in [5.74, 6) is -0.775. The lowest BCUT2D eigenvalue weighted by molar-refractivity contribution is -0.139. The fourth-order valence-electron chi connectivity index (χ4n) is 1.24. The normalized spacial score (nSPS) is 37.6. The van der Waals surface area contributed by atoms with Crippen LogP contribution in [0.1, 0.15) is 13.8 Å². The summed E-state index contributed by atoms with van der Waals surface area (Å²) in [5.41, 5.74) is 0. The summed E-state index contributed by atoms with van der Waals surface area (Å²) in [4.78, 5) is 10.4. The predicted octanol–water partition coefficient (Wildman–Crippen LogP) is 0.742. The van der Waals surface area contributed by atoms with E-state index in [0.29, 0.717) is 6.61 Å². The van der Waals surface area contributed by atoms with Gasteiger partial charge in [0.1, 0.15) is 0 Å². The van der Waals surface area contributed by atoms with E-state index in [4.69, 9.17) is 9.84 Å². The number of carboxylic acids is 1. The van der Waals surface area contributed by atoms with Gasteiger partial charge in [0.15, 0.2) is 0 Å². The van der Waals surface area contributed by atoms with Crippen molar-refractivity contribution in [3.05, 3.63) is 0 Å². The van der Waals surface area contributed by atoms with Gasteiger partial charge in [-0.05, 0) is 12.8 Å². The van der Waals surface area contributed by atoms with Crippen molar-refractivity contribution in [3.8, 4) is 0 Å². The van der Waals surface area contributed by atoms with Gasteiger partial charge in [0, 0.05) is 6.61 Å². The molecule has 0 spiro atoms. The molecule has 1 N–H and O–H groups in total. The Labute approximate surface area is 60.0 Å². The van der Waals surface area contributed by atoms with Crippen molar-refractivity contribution in [2.24, 2.45) is 11.8 Å². The fourth-order valence-corrected chi connectivity index (χ4v) is 1.24. The average molecular weight is 144 g/mol. The molecule has 1 aliphatic rings. The molecular formula is C7H12O3. The van der Waals surface area contributed by atoms with Gasteiger partial charge in [-0.3, -0.25) is 4.79 Å². The smallest absolute Gasteiger partial charge is 0.309 e. The highest BCUT2D eigenvalue weighted by Crippen LogP contribution is 2.41. The second-order valence-corrected chi connectivity index (χ2v) is 2.64. The first kappa shape index (κ1) is 7.54. The van der Waals surface area contributed by atoms with Gasteiger partial charge in [-0.15, -0.1) is 0 Å². The van der Waals surface area contributed by atoms with E-state index in [0.717, 1.165) is 0 Å². The van der Waals surface area contributed by atoms with Crippen LogP contribution in [0.4, 0.5) is 0 Å². The molecule has 3 unspecified atom stereocenters. The number of ether oxygens (including phenoxy) is 1. The Morgan fingerprint density at radius 2 is 2.30 bits per heavy atom. The highest BCUT2D eigenvalue weighted by molar-refractivity contribution is 5.74. The SMILES string of the molecule is CCOC1C(C)C1C(=O)O. The molecule has 0 heterocycles. The molecule has 1 saturated carbocycles. The van der Waals surface area contributed by atoms with Crippen LogP contribution in [-0.2, 0) is 9.53 Å². The molecule has 3 heteroatoms. The van der Waals surface area contributed by atoms with Crippen molar-refractivity contribution >= 4 is 5.97 Å². The van der Waals surface area contributed by atoms with Crippen LogP contribution in [0, 0.1) is 11.8 Å². The summed E-state index contributed by atoms with van der Waals surface area (Å²) in [6.45, 7) is 4.39. The van der Waals surface area contributed by atoms with Crippen LogP contribution in [0.25, 0.3) is 0 Å². The fraction of sp³-hybridized carbons (Fsp3) is 0.857. The van der Waals surface area contributed by atoms with Gasteiger partial charge in [0.2, 0.25) is 0 Å². The molecule has 1 fully saturated rings. The van der Waals surface area contributed by atoms with Gasteiger partial charge in [-0.2, -0.15) is 0 Å². The maximum Gasteiger partial charge on any atom is 0.309 e. The molecule has 3 nitrogen and oxygen atoms in total. The minimum Gasteiger partial charge on any atom is -0.481 e. The number of hydrogen-bond acceptors (Lipinski definition) is 2. The van der Waals surface area contributed by atoms with Gasteiger partial charge in [0.05, 0.1) is 12.0 Å². The van der Waals surface area contributed by atoms with Crippen molar-refractivity contribution < 1.29 is 14.6 Å². The molecule has 0 saturated heterocycles. The van der Waals surface area contributed by atoms with E-state index in [1.165, 1.54) is 0 Å². The molecular weight excluding hydrogens is 132 g/mol. The van der Waals surface area contributed by atoms with Crippen molar-refractivity contribution in [1.29, 1.82) is 0 Å². The number of aliphatic carboxylic acids is 1. The predicted molar refractivity (Wildman–Crippen MR) is 35.7 cm³/mol. The lowest BCUT2D eigenvalue weighted by Gasteiger charge is -1.94. The first-order chi connectivity index (χ1) is 4.68. The van der Waals surface area contributed by atoms with Gasteiger partial charge >= 0.3 is 5.97 Å². The zero-order valence-electron chi connectivity index (χ0n) is 6.20. The lowest BCUT2D eigenvalue weighted by Crippen LogP contribution is -2.04. The Bertz CT molecular complexity index is 144. The maximum absolute atomic E-state index is 10.4. The molecule has 3 atom stereocenters. The van der Waals surface area contributed by atoms with E-state index in [1.807, 2.05) is 13.8 Å². The van der Waals surface area contributed by atoms with Crippen LogP contribution in [0.5, 0.6) is 0 Å². The molecule has 0 radical (unpaired) electrons. The van der Waals surface area contributed by atoms with Crippen molar-refractivity contribution in [3.63, 3.8) is 0 Å². The van der Waals surface area contributed by atoms with Crippen LogP contribution in [0.3, 0.4) is 0 Å². The maximum atomic E-state index is 10.4. The minimum absolute atomic E-state index is 0.0255. The summed E-state index contributed by atoms with van der Waals surface area (Å²) >= 11 is 0. The van der Waals surface area contributed by atoms with E-state index < -0.39 is 5.97 Å². The number of hydrogen-bond donors (Lipinski definition) is 1. The van der Waals surface area contributed by atoms with Gasteiger partial charge in [-0.1, -0.05) is 6.92 Å². The highest BCUT2D eigenvalue weighted by atomic mass is 16.5. The Hall–Kier alpha value is -0.570. The zero-order chi connectivity index (χ0) is 7.72. The Balaban J connectivity index is 2.34. The lowest BCUT2D eigenvalue weighted by atomic mass is 10.3. The summed E-state index contributed by atoms with van der Waals surface area (Å²) in [7, 11) is 0. The van der Waals surface area contributed by atoms with E-state index >= 15 is 0 Å². The van der Waals surface area contributed by atoms with Gasteiger partial charge in [0.25, 0.3) is 0 Å². The largest absolute Gasteiger partial charge is 0.481 e. The molecule has 1 rings (SSSR count).